The van der Waals surface area contributed by atoms with E-state index in [1.165, 1.54) is 36.8 Å². The highest BCUT2D eigenvalue weighted by atomic mass is 35.5. The van der Waals surface area contributed by atoms with Crippen molar-refractivity contribution in [2.45, 2.75) is 119 Å². The number of ether oxygens (including phenoxy) is 1. The van der Waals surface area contributed by atoms with Crippen LogP contribution in [0.1, 0.15) is 93.6 Å². The molecule has 2 aromatic carbocycles. The Bertz CT molecular complexity index is 1720. The zero-order chi connectivity index (χ0) is 36.0. The lowest BCUT2D eigenvalue weighted by Crippen LogP contribution is -2.54. The van der Waals surface area contributed by atoms with Crippen molar-refractivity contribution in [2.75, 3.05) is 24.6 Å². The van der Waals surface area contributed by atoms with Crippen molar-refractivity contribution in [3.05, 3.63) is 76.6 Å². The van der Waals surface area contributed by atoms with Crippen molar-refractivity contribution in [1.82, 2.24) is 9.97 Å². The van der Waals surface area contributed by atoms with Crippen LogP contribution < -0.4 is 9.64 Å². The number of thioether (sulfide) groups is 1. The second-order valence-corrected chi connectivity index (χ2v) is 23.6. The highest BCUT2D eigenvalue weighted by Gasteiger charge is 2.49. The van der Waals surface area contributed by atoms with Crippen molar-refractivity contribution in [3.8, 4) is 5.75 Å². The third-order valence-electron chi connectivity index (χ3n) is 12.8. The molecule has 4 aliphatic rings. The van der Waals surface area contributed by atoms with Crippen LogP contribution in [0.5, 0.6) is 5.75 Å². The molecule has 2 saturated carbocycles. The minimum atomic E-state index is -2.08. The second kappa shape index (κ2) is 14.7. The van der Waals surface area contributed by atoms with Gasteiger partial charge in [-0.3, -0.25) is 0 Å². The molecule has 0 saturated heterocycles. The molecule has 274 valence electrons. The maximum Gasteiger partial charge on any atom is 0.335 e. The van der Waals surface area contributed by atoms with E-state index in [1.807, 2.05) is 48.4 Å². The van der Waals surface area contributed by atoms with Gasteiger partial charge in [-0.25, -0.2) is 14.8 Å². The Morgan fingerprint density at radius 2 is 1.92 bits per heavy atom. The Morgan fingerprint density at radius 1 is 1.12 bits per heavy atom. The number of fused-ring (bicyclic) bond motifs is 3. The van der Waals surface area contributed by atoms with Crippen LogP contribution in [0.3, 0.4) is 0 Å². The molecule has 1 aromatic heterocycles. The van der Waals surface area contributed by atoms with Gasteiger partial charge < -0.3 is 19.2 Å². The number of aromatic carboxylic acids is 1. The van der Waals surface area contributed by atoms with Gasteiger partial charge in [0.2, 0.25) is 0 Å². The number of benzene rings is 2. The zero-order valence-corrected chi connectivity index (χ0v) is 33.4. The summed E-state index contributed by atoms with van der Waals surface area (Å²) in [6.45, 7) is 14.1. The lowest BCUT2D eigenvalue weighted by atomic mass is 9.65. The van der Waals surface area contributed by atoms with Gasteiger partial charge in [-0.2, -0.15) is 0 Å². The van der Waals surface area contributed by atoms with Gasteiger partial charge in [-0.05, 0) is 135 Å². The molecule has 0 amide bonds. The van der Waals surface area contributed by atoms with Crippen molar-refractivity contribution >= 4 is 43.3 Å². The number of aryl methyl sites for hydroxylation is 1. The molecule has 3 aliphatic carbocycles. The van der Waals surface area contributed by atoms with E-state index in [0.29, 0.717) is 35.2 Å². The Labute approximate surface area is 314 Å². The molecule has 1 spiro atoms. The van der Waals surface area contributed by atoms with Gasteiger partial charge in [-0.15, -0.1) is 0 Å². The normalized spacial score (nSPS) is 27.1. The fourth-order valence-electron chi connectivity index (χ4n) is 8.92. The van der Waals surface area contributed by atoms with Crippen molar-refractivity contribution < 1.29 is 19.1 Å². The van der Waals surface area contributed by atoms with Crippen LogP contribution in [0.4, 0.5) is 5.69 Å². The van der Waals surface area contributed by atoms with Gasteiger partial charge in [0.25, 0.3) is 0 Å². The topological polar surface area (TPSA) is 84.8 Å². The summed E-state index contributed by atoms with van der Waals surface area (Å²) < 4.78 is 14.2. The Morgan fingerprint density at radius 3 is 2.65 bits per heavy atom. The maximum atomic E-state index is 12.2. The highest BCUT2D eigenvalue weighted by Crippen LogP contribution is 2.51. The van der Waals surface area contributed by atoms with E-state index in [9.17, 15) is 9.90 Å². The zero-order valence-electron chi connectivity index (χ0n) is 30.9. The summed E-state index contributed by atoms with van der Waals surface area (Å²) in [6.07, 6.45) is 14.0. The number of aromatic nitrogens is 2. The predicted molar refractivity (Wildman–Crippen MR) is 209 cm³/mol. The molecule has 7 nitrogen and oxygen atoms in total. The Kier molecular flexibility index (Phi) is 10.6. The number of hydrogen-bond acceptors (Lipinski definition) is 7. The van der Waals surface area contributed by atoms with Crippen molar-refractivity contribution in [3.63, 3.8) is 0 Å². The fourth-order valence-corrected chi connectivity index (χ4v) is 11.7. The van der Waals surface area contributed by atoms with Crippen LogP contribution in [0, 0.1) is 17.8 Å². The number of carboxylic acid groups (broad SMARTS) is 1. The SMILES string of the molecule is CC(C)(C)[Si](C)(C)OC([C@@H]1CCC[C@H](Sc2ncccn2)C1)[C@@H]1CC[C@H]1CN1CC2(CCCc3cc(Cl)ccc32)COc2ccc(C(=O)O)cc21. The molecule has 7 rings (SSSR count). The van der Waals surface area contributed by atoms with E-state index in [2.05, 4.69) is 60.9 Å². The van der Waals surface area contributed by atoms with Crippen molar-refractivity contribution in [2.24, 2.45) is 17.8 Å². The molecule has 6 atom stereocenters. The van der Waals surface area contributed by atoms with E-state index >= 15 is 0 Å². The summed E-state index contributed by atoms with van der Waals surface area (Å²) in [6, 6.07) is 13.6. The van der Waals surface area contributed by atoms with E-state index in [1.54, 1.807) is 6.07 Å². The first-order valence-corrected chi connectivity index (χ1v) is 23.1. The number of halogens is 1. The van der Waals surface area contributed by atoms with Crippen LogP contribution in [0.15, 0.2) is 60.0 Å². The molecule has 2 unspecified atom stereocenters. The third kappa shape index (κ3) is 7.74. The largest absolute Gasteiger partial charge is 0.490 e. The summed E-state index contributed by atoms with van der Waals surface area (Å²) in [7, 11) is -2.08. The third-order valence-corrected chi connectivity index (χ3v) is 18.7. The van der Waals surface area contributed by atoms with E-state index in [0.717, 1.165) is 66.8 Å². The number of hydrogen-bond donors (Lipinski definition) is 1. The lowest BCUT2D eigenvalue weighted by Gasteiger charge is -2.52. The predicted octanol–water partition coefficient (Wildman–Crippen LogP) is 10.1. The number of carboxylic acids is 1. The number of anilines is 1. The second-order valence-electron chi connectivity index (χ2n) is 17.1. The fraction of sp³-hybridized carbons (Fsp3) is 0.585. The summed E-state index contributed by atoms with van der Waals surface area (Å²) >= 11 is 8.34. The molecule has 51 heavy (non-hydrogen) atoms. The van der Waals surface area contributed by atoms with Crippen LogP contribution in [0.2, 0.25) is 23.2 Å². The lowest BCUT2D eigenvalue weighted by molar-refractivity contribution is -0.0225. The van der Waals surface area contributed by atoms with Crippen LogP contribution in [0.25, 0.3) is 0 Å². The molecule has 1 aliphatic heterocycles. The van der Waals surface area contributed by atoms with Gasteiger partial charge in [0.05, 0.1) is 24.0 Å². The average Bonchev–Trinajstić information content (AvgIpc) is 3.23. The molecule has 10 heteroatoms. The quantitative estimate of drug-likeness (QED) is 0.171. The molecule has 3 aromatic rings. The Hall–Kier alpha value is -2.59. The first-order valence-electron chi connectivity index (χ1n) is 19.0. The standard InChI is InChI=1S/C41H54ClN3O4SSi/c1-40(2,3)51(4,5)49-37(28-9-6-11-32(22-28)50-39-43-19-8-20-44-39)33-15-12-30(33)24-45-25-41(18-7-10-27-21-31(42)14-16-34(27)41)26-48-36-17-13-29(38(46)47)23-35(36)45/h8,13-14,16-17,19-21,23,28,30,32-33,37H,6-7,9-12,15,18,22,24-26H2,1-5H3,(H,46,47)/t28-,30+,32+,33-,37?,41?/m1/s1. The number of carbonyl (C=O) groups is 1. The van der Waals surface area contributed by atoms with Crippen LogP contribution >= 0.6 is 23.4 Å². The highest BCUT2D eigenvalue weighted by molar-refractivity contribution is 7.99. The average molecular weight is 749 g/mol. The first-order chi connectivity index (χ1) is 24.3. The van der Waals surface area contributed by atoms with Gasteiger partial charge in [0.15, 0.2) is 13.5 Å². The summed E-state index contributed by atoms with van der Waals surface area (Å²) in [5, 5.41) is 12.3. The monoisotopic (exact) mass is 747 g/mol. The summed E-state index contributed by atoms with van der Waals surface area (Å²) in [5.41, 5.74) is 3.63. The smallest absolute Gasteiger partial charge is 0.335 e. The number of nitrogens with zero attached hydrogens (tertiary/aromatic N) is 3. The minimum Gasteiger partial charge on any atom is -0.490 e. The molecule has 0 radical (unpaired) electrons. The minimum absolute atomic E-state index is 0.114. The van der Waals surface area contributed by atoms with E-state index in [4.69, 9.17) is 20.8 Å². The van der Waals surface area contributed by atoms with Gasteiger partial charge >= 0.3 is 5.97 Å². The first kappa shape index (κ1) is 36.8. The molecule has 2 fully saturated rings. The maximum absolute atomic E-state index is 12.2. The molecule has 1 N–H and O–H groups in total. The molecule has 0 bridgehead atoms. The van der Waals surface area contributed by atoms with Crippen LogP contribution in [-0.4, -0.2) is 60.4 Å². The van der Waals surface area contributed by atoms with E-state index < -0.39 is 14.3 Å². The van der Waals surface area contributed by atoms with Gasteiger partial charge in [-0.1, -0.05) is 56.6 Å². The van der Waals surface area contributed by atoms with Crippen molar-refractivity contribution in [1.29, 1.82) is 0 Å². The van der Waals surface area contributed by atoms with E-state index in [-0.39, 0.29) is 16.6 Å². The van der Waals surface area contributed by atoms with Gasteiger partial charge in [0.1, 0.15) is 5.75 Å². The van der Waals surface area contributed by atoms with Gasteiger partial charge in [0, 0.05) is 41.2 Å². The Balaban J connectivity index is 1.20. The van der Waals surface area contributed by atoms with Crippen LogP contribution in [-0.2, 0) is 16.3 Å². The number of rotatable bonds is 9. The molecular formula is C41H54ClN3O4SSi. The molecule has 2 heterocycles. The summed E-state index contributed by atoms with van der Waals surface area (Å²) in [4.78, 5) is 23.8. The summed E-state index contributed by atoms with van der Waals surface area (Å²) in [5.74, 6) is 1.24. The molecular weight excluding hydrogens is 694 g/mol.